The molecule has 0 aliphatic carbocycles. The summed E-state index contributed by atoms with van der Waals surface area (Å²) in [6, 6.07) is 4.43. The summed E-state index contributed by atoms with van der Waals surface area (Å²) in [4.78, 5) is 2.38. The molecule has 0 amide bonds. The molecule has 0 bridgehead atoms. The summed E-state index contributed by atoms with van der Waals surface area (Å²) >= 11 is 0. The number of nitrogens with zero attached hydrogens (tertiary/aromatic N) is 1. The van der Waals surface area contributed by atoms with Crippen molar-refractivity contribution in [2.75, 3.05) is 26.2 Å². The molecule has 0 radical (unpaired) electrons. The fourth-order valence-electron chi connectivity index (χ4n) is 2.55. The SMILES string of the molecule is CCN(CCNC(C)C1CCCO1)Cc1ccco1. The van der Waals surface area contributed by atoms with Gasteiger partial charge in [-0.05, 0) is 38.4 Å². The Morgan fingerprint density at radius 1 is 1.53 bits per heavy atom. The minimum absolute atomic E-state index is 0.403. The standard InChI is InChI=1S/C15H26N2O2/c1-3-17(12-14-6-4-10-18-14)9-8-16-13(2)15-7-5-11-19-15/h4,6,10,13,15-16H,3,5,7-9,11-12H2,1-2H3. The molecule has 0 aromatic carbocycles. The molecular formula is C15H26N2O2. The van der Waals surface area contributed by atoms with Gasteiger partial charge in [-0.2, -0.15) is 0 Å². The van der Waals surface area contributed by atoms with E-state index in [0.29, 0.717) is 12.1 Å². The average molecular weight is 266 g/mol. The Balaban J connectivity index is 1.65. The molecule has 1 aromatic heterocycles. The lowest BCUT2D eigenvalue weighted by Gasteiger charge is -2.23. The minimum atomic E-state index is 0.403. The number of hydrogen-bond donors (Lipinski definition) is 1. The molecule has 1 aliphatic heterocycles. The molecule has 2 rings (SSSR count). The number of rotatable bonds is 8. The van der Waals surface area contributed by atoms with E-state index in [4.69, 9.17) is 9.15 Å². The Labute approximate surface area is 116 Å². The van der Waals surface area contributed by atoms with Crippen LogP contribution in [0.3, 0.4) is 0 Å². The second-order valence-corrected chi connectivity index (χ2v) is 5.24. The van der Waals surface area contributed by atoms with Gasteiger partial charge >= 0.3 is 0 Å². The molecule has 108 valence electrons. The lowest BCUT2D eigenvalue weighted by Crippen LogP contribution is -2.41. The molecule has 0 spiro atoms. The van der Waals surface area contributed by atoms with Crippen molar-refractivity contribution in [3.05, 3.63) is 24.2 Å². The Morgan fingerprint density at radius 3 is 3.05 bits per heavy atom. The minimum Gasteiger partial charge on any atom is -0.468 e. The zero-order chi connectivity index (χ0) is 13.5. The zero-order valence-corrected chi connectivity index (χ0v) is 12.1. The number of furan rings is 1. The van der Waals surface area contributed by atoms with Crippen molar-refractivity contribution in [3.63, 3.8) is 0 Å². The van der Waals surface area contributed by atoms with Crippen LogP contribution in [0.5, 0.6) is 0 Å². The first-order valence-electron chi connectivity index (χ1n) is 7.39. The smallest absolute Gasteiger partial charge is 0.117 e. The summed E-state index contributed by atoms with van der Waals surface area (Å²) in [5.74, 6) is 1.04. The topological polar surface area (TPSA) is 37.6 Å². The Morgan fingerprint density at radius 2 is 2.42 bits per heavy atom. The van der Waals surface area contributed by atoms with E-state index >= 15 is 0 Å². The monoisotopic (exact) mass is 266 g/mol. The number of nitrogens with one attached hydrogen (secondary N) is 1. The highest BCUT2D eigenvalue weighted by Crippen LogP contribution is 2.15. The summed E-state index contributed by atoms with van der Waals surface area (Å²) in [6.45, 7) is 9.29. The van der Waals surface area contributed by atoms with Crippen molar-refractivity contribution < 1.29 is 9.15 Å². The van der Waals surface area contributed by atoms with Gasteiger partial charge in [-0.3, -0.25) is 4.90 Å². The fraction of sp³-hybridized carbons (Fsp3) is 0.733. The first kappa shape index (κ1) is 14.6. The molecule has 2 atom stereocenters. The number of likely N-dealkylation sites (N-methyl/N-ethyl adjacent to an activating group) is 1. The third kappa shape index (κ3) is 4.64. The lowest BCUT2D eigenvalue weighted by molar-refractivity contribution is 0.0825. The maximum Gasteiger partial charge on any atom is 0.117 e. The molecule has 1 aromatic rings. The lowest BCUT2D eigenvalue weighted by atomic mass is 10.1. The second kappa shape index (κ2) is 7.68. The van der Waals surface area contributed by atoms with Gasteiger partial charge in [-0.25, -0.2) is 0 Å². The van der Waals surface area contributed by atoms with Crippen LogP contribution in [-0.4, -0.2) is 43.3 Å². The molecule has 2 unspecified atom stereocenters. The van der Waals surface area contributed by atoms with Crippen molar-refractivity contribution in [3.8, 4) is 0 Å². The van der Waals surface area contributed by atoms with Gasteiger partial charge in [0.25, 0.3) is 0 Å². The van der Waals surface area contributed by atoms with Crippen LogP contribution in [0, 0.1) is 0 Å². The van der Waals surface area contributed by atoms with E-state index in [0.717, 1.165) is 38.5 Å². The van der Waals surface area contributed by atoms with Gasteiger partial charge in [0, 0.05) is 25.7 Å². The predicted octanol–water partition coefficient (Wildman–Crippen LogP) is 2.26. The molecule has 1 N–H and O–H groups in total. The molecule has 1 aliphatic rings. The van der Waals surface area contributed by atoms with Crippen molar-refractivity contribution in [1.29, 1.82) is 0 Å². The highest BCUT2D eigenvalue weighted by molar-refractivity contribution is 4.97. The van der Waals surface area contributed by atoms with Gasteiger partial charge < -0.3 is 14.5 Å². The van der Waals surface area contributed by atoms with Gasteiger partial charge in [-0.1, -0.05) is 6.92 Å². The molecule has 0 saturated carbocycles. The number of hydrogen-bond acceptors (Lipinski definition) is 4. The van der Waals surface area contributed by atoms with Crippen molar-refractivity contribution in [2.24, 2.45) is 0 Å². The van der Waals surface area contributed by atoms with Gasteiger partial charge in [-0.15, -0.1) is 0 Å². The van der Waals surface area contributed by atoms with Gasteiger partial charge in [0.15, 0.2) is 0 Å². The molecule has 4 heteroatoms. The van der Waals surface area contributed by atoms with Crippen LogP contribution in [0.2, 0.25) is 0 Å². The molecule has 1 fully saturated rings. The first-order valence-corrected chi connectivity index (χ1v) is 7.39. The quantitative estimate of drug-likeness (QED) is 0.783. The Kier molecular flexibility index (Phi) is 5.89. The van der Waals surface area contributed by atoms with Crippen LogP contribution in [0.4, 0.5) is 0 Å². The second-order valence-electron chi connectivity index (χ2n) is 5.24. The van der Waals surface area contributed by atoms with E-state index in [9.17, 15) is 0 Å². The summed E-state index contributed by atoms with van der Waals surface area (Å²) in [5, 5.41) is 3.57. The Hall–Kier alpha value is -0.840. The third-order valence-corrected chi connectivity index (χ3v) is 3.82. The van der Waals surface area contributed by atoms with Crippen molar-refractivity contribution in [2.45, 2.75) is 45.4 Å². The van der Waals surface area contributed by atoms with Crippen molar-refractivity contribution in [1.82, 2.24) is 10.2 Å². The van der Waals surface area contributed by atoms with E-state index < -0.39 is 0 Å². The average Bonchev–Trinajstić information content (AvgIpc) is 3.10. The van der Waals surface area contributed by atoms with Crippen LogP contribution < -0.4 is 5.32 Å². The van der Waals surface area contributed by atoms with E-state index in [1.807, 2.05) is 12.1 Å². The maximum atomic E-state index is 5.69. The van der Waals surface area contributed by atoms with Crippen LogP contribution in [-0.2, 0) is 11.3 Å². The van der Waals surface area contributed by atoms with Gasteiger partial charge in [0.05, 0.1) is 18.9 Å². The highest BCUT2D eigenvalue weighted by atomic mass is 16.5. The van der Waals surface area contributed by atoms with Gasteiger partial charge in [0.1, 0.15) is 5.76 Å². The summed E-state index contributed by atoms with van der Waals surface area (Å²) < 4.78 is 11.1. The van der Waals surface area contributed by atoms with E-state index in [-0.39, 0.29) is 0 Å². The summed E-state index contributed by atoms with van der Waals surface area (Å²) in [6.07, 6.45) is 4.54. The van der Waals surface area contributed by atoms with Gasteiger partial charge in [0.2, 0.25) is 0 Å². The fourth-order valence-corrected chi connectivity index (χ4v) is 2.55. The summed E-state index contributed by atoms with van der Waals surface area (Å²) in [5.41, 5.74) is 0. The van der Waals surface area contributed by atoms with Crippen LogP contribution in [0.15, 0.2) is 22.8 Å². The number of ether oxygens (including phenoxy) is 1. The Bertz CT molecular complexity index is 334. The molecule has 2 heterocycles. The van der Waals surface area contributed by atoms with E-state index in [1.165, 1.54) is 12.8 Å². The van der Waals surface area contributed by atoms with E-state index in [1.54, 1.807) is 6.26 Å². The summed E-state index contributed by atoms with van der Waals surface area (Å²) in [7, 11) is 0. The molecule has 1 saturated heterocycles. The van der Waals surface area contributed by atoms with Crippen molar-refractivity contribution >= 4 is 0 Å². The zero-order valence-electron chi connectivity index (χ0n) is 12.1. The largest absolute Gasteiger partial charge is 0.468 e. The first-order chi connectivity index (χ1) is 9.29. The normalized spacial score (nSPS) is 21.1. The highest BCUT2D eigenvalue weighted by Gasteiger charge is 2.21. The molecule has 19 heavy (non-hydrogen) atoms. The van der Waals surface area contributed by atoms with Crippen LogP contribution in [0.25, 0.3) is 0 Å². The maximum absolute atomic E-state index is 5.69. The van der Waals surface area contributed by atoms with Crippen LogP contribution >= 0.6 is 0 Å². The molecular weight excluding hydrogens is 240 g/mol. The third-order valence-electron chi connectivity index (χ3n) is 3.82. The molecule has 4 nitrogen and oxygen atoms in total. The predicted molar refractivity (Wildman–Crippen MR) is 76.1 cm³/mol. The van der Waals surface area contributed by atoms with Crippen LogP contribution in [0.1, 0.15) is 32.4 Å². The van der Waals surface area contributed by atoms with E-state index in [2.05, 4.69) is 24.1 Å².